The van der Waals surface area contributed by atoms with Crippen molar-refractivity contribution in [3.8, 4) is 22.0 Å². The molecule has 1 atom stereocenters. The molecule has 0 saturated heterocycles. The van der Waals surface area contributed by atoms with Gasteiger partial charge in [-0.25, -0.2) is 19.0 Å². The lowest BCUT2D eigenvalue weighted by Gasteiger charge is -2.24. The van der Waals surface area contributed by atoms with Crippen LogP contribution in [0.1, 0.15) is 76.3 Å². The Balaban J connectivity index is 0.000000493. The third-order valence-electron chi connectivity index (χ3n) is 7.96. The van der Waals surface area contributed by atoms with E-state index < -0.39 is 35.1 Å². The van der Waals surface area contributed by atoms with Crippen LogP contribution in [-0.2, 0) is 16.3 Å². The number of nitrogens with zero attached hydrogens (tertiary/aromatic N) is 6. The van der Waals surface area contributed by atoms with E-state index >= 15 is 0 Å². The molecule has 1 aliphatic rings. The van der Waals surface area contributed by atoms with Gasteiger partial charge < -0.3 is 25.4 Å². The first-order valence-corrected chi connectivity index (χ1v) is 18.6. The molecule has 1 aliphatic carbocycles. The molecular formula is C36H44F2N8O5S2. The highest BCUT2D eigenvalue weighted by molar-refractivity contribution is 7.93. The van der Waals surface area contributed by atoms with Gasteiger partial charge in [-0.15, -0.1) is 11.3 Å². The second-order valence-corrected chi connectivity index (χ2v) is 14.6. The number of benzene rings is 1. The van der Waals surface area contributed by atoms with E-state index in [0.717, 1.165) is 61.2 Å². The number of aliphatic hydroxyl groups is 1. The van der Waals surface area contributed by atoms with Crippen molar-refractivity contribution in [2.75, 3.05) is 11.9 Å². The average Bonchev–Trinajstić information content (AvgIpc) is 3.93. The summed E-state index contributed by atoms with van der Waals surface area (Å²) in [4.78, 5) is 34.5. The topological polar surface area (TPSA) is 183 Å². The Labute approximate surface area is 314 Å². The van der Waals surface area contributed by atoms with Crippen molar-refractivity contribution < 1.29 is 32.8 Å². The van der Waals surface area contributed by atoms with Crippen LogP contribution in [0.15, 0.2) is 71.3 Å². The SMILES string of the molecule is CC(C)(C)C(N)C(=O)OCn1cc(-c2nc(C(=O)Nc3cn(C4CCCCC4)nc3-c3nc(F)ccc3F)cs2)cn1.CCO.OSc1ccccc1. The van der Waals surface area contributed by atoms with Gasteiger partial charge in [-0.1, -0.05) is 58.2 Å². The van der Waals surface area contributed by atoms with Gasteiger partial charge in [-0.3, -0.25) is 14.3 Å². The number of amides is 1. The molecule has 284 valence electrons. The molecule has 0 aliphatic heterocycles. The lowest BCUT2D eigenvalue weighted by Crippen LogP contribution is -2.43. The molecule has 1 fully saturated rings. The maximum absolute atomic E-state index is 14.7. The van der Waals surface area contributed by atoms with E-state index in [1.807, 2.05) is 51.1 Å². The Hall–Kier alpha value is -4.55. The number of pyridine rings is 1. The summed E-state index contributed by atoms with van der Waals surface area (Å²) in [6.07, 6.45) is 9.84. The van der Waals surface area contributed by atoms with E-state index in [0.29, 0.717) is 10.6 Å². The molecule has 5 N–H and O–H groups in total. The summed E-state index contributed by atoms with van der Waals surface area (Å²) in [5.74, 6) is -2.68. The lowest BCUT2D eigenvalue weighted by molar-refractivity contribution is -0.152. The van der Waals surface area contributed by atoms with Crippen molar-refractivity contribution in [2.45, 2.75) is 83.5 Å². The number of ether oxygens (including phenoxy) is 1. The number of rotatable bonds is 9. The predicted octanol–water partition coefficient (Wildman–Crippen LogP) is 7.43. The molecule has 1 aromatic carbocycles. The molecule has 13 nitrogen and oxygen atoms in total. The Bertz CT molecular complexity index is 1920. The molecule has 5 aromatic rings. The molecule has 0 bridgehead atoms. The quantitative estimate of drug-likeness (QED) is 0.0665. The van der Waals surface area contributed by atoms with E-state index in [-0.39, 0.29) is 42.1 Å². The second kappa shape index (κ2) is 19.5. The van der Waals surface area contributed by atoms with Gasteiger partial charge in [-0.05, 0) is 49.4 Å². The highest BCUT2D eigenvalue weighted by Crippen LogP contribution is 2.34. The van der Waals surface area contributed by atoms with Gasteiger partial charge >= 0.3 is 5.97 Å². The van der Waals surface area contributed by atoms with Crippen molar-refractivity contribution in [3.63, 3.8) is 0 Å². The number of nitrogens with one attached hydrogen (secondary N) is 1. The third kappa shape index (κ3) is 11.7. The number of halogens is 2. The number of anilines is 1. The summed E-state index contributed by atoms with van der Waals surface area (Å²) >= 11 is 1.99. The number of aromatic nitrogens is 6. The maximum Gasteiger partial charge on any atom is 0.325 e. The first-order valence-electron chi connectivity index (χ1n) is 16.9. The Kier molecular flexibility index (Phi) is 15.2. The molecule has 1 saturated carbocycles. The van der Waals surface area contributed by atoms with E-state index in [2.05, 4.69) is 25.5 Å². The van der Waals surface area contributed by atoms with E-state index in [4.69, 9.17) is 20.1 Å². The largest absolute Gasteiger partial charge is 0.441 e. The Morgan fingerprint density at radius 3 is 2.42 bits per heavy atom. The molecule has 53 heavy (non-hydrogen) atoms. The summed E-state index contributed by atoms with van der Waals surface area (Å²) in [6, 6.07) is 10.6. The highest BCUT2D eigenvalue weighted by Gasteiger charge is 2.29. The Morgan fingerprint density at radius 2 is 1.77 bits per heavy atom. The molecule has 17 heteroatoms. The van der Waals surface area contributed by atoms with Crippen LogP contribution in [0.5, 0.6) is 0 Å². The fraction of sp³-hybridized carbons (Fsp3) is 0.389. The molecule has 1 amide bonds. The minimum atomic E-state index is -0.854. The number of hydrogen-bond donors (Lipinski definition) is 4. The molecule has 4 heterocycles. The maximum atomic E-state index is 14.7. The normalized spacial score (nSPS) is 13.6. The smallest absolute Gasteiger partial charge is 0.325 e. The van der Waals surface area contributed by atoms with Crippen molar-refractivity contribution in [3.05, 3.63) is 83.9 Å². The number of carbonyl (C=O) groups is 2. The van der Waals surface area contributed by atoms with Gasteiger partial charge in [0.25, 0.3) is 5.91 Å². The molecule has 0 spiro atoms. The van der Waals surface area contributed by atoms with Crippen LogP contribution >= 0.6 is 23.4 Å². The number of carbonyl (C=O) groups excluding carboxylic acids is 2. The van der Waals surface area contributed by atoms with Crippen molar-refractivity contribution >= 4 is 40.9 Å². The molecule has 0 radical (unpaired) electrons. The molecule has 4 aromatic heterocycles. The zero-order chi connectivity index (χ0) is 38.5. The first-order chi connectivity index (χ1) is 25.3. The summed E-state index contributed by atoms with van der Waals surface area (Å²) < 4.78 is 45.5. The number of nitrogens with two attached hydrogens (primary N) is 1. The summed E-state index contributed by atoms with van der Waals surface area (Å²) in [7, 11) is 0. The van der Waals surface area contributed by atoms with Crippen LogP contribution in [0.4, 0.5) is 14.5 Å². The van der Waals surface area contributed by atoms with Gasteiger partial charge in [0.15, 0.2) is 12.5 Å². The average molecular weight is 771 g/mol. The number of esters is 1. The van der Waals surface area contributed by atoms with Crippen molar-refractivity contribution in [1.82, 2.24) is 29.5 Å². The molecule has 1 unspecified atom stereocenters. The zero-order valence-electron chi connectivity index (χ0n) is 29.9. The fourth-order valence-electron chi connectivity index (χ4n) is 5.07. The van der Waals surface area contributed by atoms with Crippen molar-refractivity contribution in [2.24, 2.45) is 11.1 Å². The summed E-state index contributed by atoms with van der Waals surface area (Å²) in [5, 5.41) is 21.1. The van der Waals surface area contributed by atoms with E-state index in [9.17, 15) is 18.4 Å². The monoisotopic (exact) mass is 770 g/mol. The highest BCUT2D eigenvalue weighted by atomic mass is 32.2. The minimum Gasteiger partial charge on any atom is -0.441 e. The predicted molar refractivity (Wildman–Crippen MR) is 200 cm³/mol. The standard InChI is InChI=1S/C28H32F2N8O3S.C6H6OS.C2H6O/c1-28(2,3)24(31)27(40)41-15-37-12-16(11-32-37)26-34-20(14-42-26)25(39)33-19-13-38(17-7-5-4-6-8-17)36-23(19)22-18(29)9-10-21(30)35-22;7-8-6-4-2-1-3-5-6;1-2-3/h9-14,17,24H,4-8,15,31H2,1-3H3,(H,33,39);1-5,7H;3H,2H2,1H3. The minimum absolute atomic E-state index is 0.0448. The zero-order valence-corrected chi connectivity index (χ0v) is 31.5. The first kappa shape index (κ1) is 41.2. The summed E-state index contributed by atoms with van der Waals surface area (Å²) in [6.45, 7) is 7.35. The van der Waals surface area contributed by atoms with Crippen LogP contribution in [0.3, 0.4) is 0 Å². The second-order valence-electron chi connectivity index (χ2n) is 13.0. The van der Waals surface area contributed by atoms with Gasteiger partial charge in [0.05, 0.1) is 17.9 Å². The van der Waals surface area contributed by atoms with E-state index in [1.54, 1.807) is 35.6 Å². The number of hydrogen-bond acceptors (Lipinski definition) is 12. The van der Waals surface area contributed by atoms with Crippen LogP contribution in [0.25, 0.3) is 22.0 Å². The fourth-order valence-corrected chi connectivity index (χ4v) is 6.13. The summed E-state index contributed by atoms with van der Waals surface area (Å²) in [5.41, 5.74) is 6.21. The molecule has 6 rings (SSSR count). The third-order valence-corrected chi connectivity index (χ3v) is 9.33. The number of thiazole rings is 1. The van der Waals surface area contributed by atoms with E-state index in [1.165, 1.54) is 16.0 Å². The van der Waals surface area contributed by atoms with Gasteiger partial charge in [0.1, 0.15) is 28.1 Å². The van der Waals surface area contributed by atoms with Gasteiger partial charge in [0, 0.05) is 46.9 Å². The van der Waals surface area contributed by atoms with Crippen LogP contribution in [-0.4, -0.2) is 63.7 Å². The molecular weight excluding hydrogens is 727 g/mol. The van der Waals surface area contributed by atoms with Crippen molar-refractivity contribution in [1.29, 1.82) is 0 Å². The lowest BCUT2D eigenvalue weighted by atomic mass is 9.87. The van der Waals surface area contributed by atoms with Crippen LogP contribution in [0, 0.1) is 17.2 Å². The van der Waals surface area contributed by atoms with Crippen LogP contribution < -0.4 is 11.1 Å². The van der Waals surface area contributed by atoms with Gasteiger partial charge in [-0.2, -0.15) is 14.6 Å². The van der Waals surface area contributed by atoms with Crippen LogP contribution in [0.2, 0.25) is 0 Å². The Morgan fingerprint density at radius 1 is 1.08 bits per heavy atom. The number of aliphatic hydroxyl groups excluding tert-OH is 1. The van der Waals surface area contributed by atoms with Gasteiger partial charge in [0.2, 0.25) is 5.95 Å².